The highest BCUT2D eigenvalue weighted by Gasteiger charge is 2.36. The highest BCUT2D eigenvalue weighted by atomic mass is 16.5. The topological polar surface area (TPSA) is 36.9 Å². The molecule has 0 aliphatic carbocycles. The fourth-order valence-corrected chi connectivity index (χ4v) is 2.72. The van der Waals surface area contributed by atoms with Gasteiger partial charge in [0.2, 0.25) is 0 Å². The summed E-state index contributed by atoms with van der Waals surface area (Å²) in [5, 5.41) is 3.33. The van der Waals surface area contributed by atoms with E-state index in [-0.39, 0.29) is 0 Å². The van der Waals surface area contributed by atoms with Gasteiger partial charge in [-0.15, -0.1) is 0 Å². The van der Waals surface area contributed by atoms with Gasteiger partial charge < -0.3 is 15.0 Å². The maximum absolute atomic E-state index is 5.78. The standard InChI is InChI=1S/C10H17N3O/c1-2-9(14-7-1)8-3-4-11-10-12-5-6-13(8)10/h8-9H,1-7H2,(H,11,12). The van der Waals surface area contributed by atoms with Gasteiger partial charge in [0.1, 0.15) is 0 Å². The van der Waals surface area contributed by atoms with E-state index in [1.807, 2.05) is 0 Å². The number of guanidine groups is 1. The quantitative estimate of drug-likeness (QED) is 0.649. The summed E-state index contributed by atoms with van der Waals surface area (Å²) in [6.07, 6.45) is 4.08. The summed E-state index contributed by atoms with van der Waals surface area (Å²) in [6.45, 7) is 4.06. The maximum atomic E-state index is 5.78. The third kappa shape index (κ3) is 1.29. The number of hydrogen-bond acceptors (Lipinski definition) is 4. The molecule has 0 bridgehead atoms. The van der Waals surface area contributed by atoms with E-state index >= 15 is 0 Å². The van der Waals surface area contributed by atoms with Gasteiger partial charge in [0.15, 0.2) is 5.96 Å². The highest BCUT2D eigenvalue weighted by molar-refractivity contribution is 5.82. The van der Waals surface area contributed by atoms with E-state index in [9.17, 15) is 0 Å². The number of rotatable bonds is 1. The van der Waals surface area contributed by atoms with Gasteiger partial charge in [-0.3, -0.25) is 4.99 Å². The monoisotopic (exact) mass is 195 g/mol. The second-order valence-electron chi connectivity index (χ2n) is 4.23. The number of fused-ring (bicyclic) bond motifs is 1. The van der Waals surface area contributed by atoms with Crippen molar-refractivity contribution < 1.29 is 4.74 Å². The number of ether oxygens (including phenoxy) is 1. The third-order valence-electron chi connectivity index (χ3n) is 3.39. The molecule has 2 atom stereocenters. The van der Waals surface area contributed by atoms with Crippen LogP contribution < -0.4 is 5.32 Å². The zero-order valence-corrected chi connectivity index (χ0v) is 8.41. The molecule has 14 heavy (non-hydrogen) atoms. The molecule has 0 radical (unpaired) electrons. The Morgan fingerprint density at radius 3 is 3.29 bits per heavy atom. The van der Waals surface area contributed by atoms with Crippen LogP contribution in [-0.2, 0) is 4.74 Å². The van der Waals surface area contributed by atoms with Crippen LogP contribution in [0.25, 0.3) is 0 Å². The van der Waals surface area contributed by atoms with E-state index in [4.69, 9.17) is 4.74 Å². The van der Waals surface area contributed by atoms with Crippen molar-refractivity contribution >= 4 is 5.96 Å². The second-order valence-corrected chi connectivity index (χ2v) is 4.23. The molecule has 0 spiro atoms. The third-order valence-corrected chi connectivity index (χ3v) is 3.39. The lowest BCUT2D eigenvalue weighted by Gasteiger charge is -2.35. The van der Waals surface area contributed by atoms with Gasteiger partial charge in [-0.1, -0.05) is 0 Å². The average molecular weight is 195 g/mol. The van der Waals surface area contributed by atoms with Gasteiger partial charge in [0.05, 0.1) is 12.1 Å². The molecule has 0 aromatic rings. The van der Waals surface area contributed by atoms with Crippen LogP contribution >= 0.6 is 0 Å². The Morgan fingerprint density at radius 1 is 1.43 bits per heavy atom. The van der Waals surface area contributed by atoms with E-state index in [1.54, 1.807) is 0 Å². The first-order chi connectivity index (χ1) is 6.95. The molecule has 2 unspecified atom stereocenters. The second kappa shape index (κ2) is 3.42. The Balaban J connectivity index is 1.76. The largest absolute Gasteiger partial charge is 0.376 e. The Kier molecular flexibility index (Phi) is 2.09. The van der Waals surface area contributed by atoms with Gasteiger partial charge >= 0.3 is 0 Å². The van der Waals surface area contributed by atoms with Crippen molar-refractivity contribution in [2.45, 2.75) is 31.4 Å². The Morgan fingerprint density at radius 2 is 2.43 bits per heavy atom. The summed E-state index contributed by atoms with van der Waals surface area (Å²) in [6, 6.07) is 0.583. The SMILES string of the molecule is C1COC(C2CCN=C3NCCN32)C1. The van der Waals surface area contributed by atoms with Gasteiger partial charge in [-0.25, -0.2) is 0 Å². The molecule has 2 saturated heterocycles. The van der Waals surface area contributed by atoms with Gasteiger partial charge in [-0.05, 0) is 19.3 Å². The summed E-state index contributed by atoms with van der Waals surface area (Å²) >= 11 is 0. The number of nitrogens with zero attached hydrogens (tertiary/aromatic N) is 2. The molecule has 3 rings (SSSR count). The predicted molar refractivity (Wildman–Crippen MR) is 54.4 cm³/mol. The molecule has 4 heteroatoms. The maximum Gasteiger partial charge on any atom is 0.194 e. The highest BCUT2D eigenvalue weighted by Crippen LogP contribution is 2.25. The van der Waals surface area contributed by atoms with Crippen molar-refractivity contribution in [3.05, 3.63) is 0 Å². The van der Waals surface area contributed by atoms with E-state index in [1.165, 1.54) is 12.8 Å². The van der Waals surface area contributed by atoms with Crippen LogP contribution in [0.5, 0.6) is 0 Å². The average Bonchev–Trinajstić information content (AvgIpc) is 2.88. The molecule has 3 aliphatic rings. The summed E-state index contributed by atoms with van der Waals surface area (Å²) in [4.78, 5) is 6.89. The van der Waals surface area contributed by atoms with Crippen LogP contribution in [0.4, 0.5) is 0 Å². The lowest BCUT2D eigenvalue weighted by molar-refractivity contribution is 0.0466. The van der Waals surface area contributed by atoms with Crippen LogP contribution in [0.1, 0.15) is 19.3 Å². The normalized spacial score (nSPS) is 36.6. The Bertz CT molecular complexity index is 248. The molecule has 0 aromatic carbocycles. The minimum atomic E-state index is 0.459. The molecule has 0 aromatic heterocycles. The Hall–Kier alpha value is -0.770. The minimum Gasteiger partial charge on any atom is -0.376 e. The van der Waals surface area contributed by atoms with E-state index in [0.717, 1.165) is 38.6 Å². The first-order valence-corrected chi connectivity index (χ1v) is 5.62. The summed E-state index contributed by atoms with van der Waals surface area (Å²) in [5.74, 6) is 1.11. The molecule has 3 aliphatic heterocycles. The van der Waals surface area contributed by atoms with Crippen molar-refractivity contribution in [1.29, 1.82) is 0 Å². The zero-order valence-electron chi connectivity index (χ0n) is 8.41. The van der Waals surface area contributed by atoms with Gasteiger partial charge in [0, 0.05) is 26.2 Å². The molecule has 4 nitrogen and oxygen atoms in total. The molecule has 0 amide bonds. The number of hydrogen-bond donors (Lipinski definition) is 1. The Labute approximate surface area is 84.3 Å². The van der Waals surface area contributed by atoms with Crippen molar-refractivity contribution in [1.82, 2.24) is 10.2 Å². The number of nitrogens with one attached hydrogen (secondary N) is 1. The van der Waals surface area contributed by atoms with Crippen LogP contribution in [-0.4, -0.2) is 49.2 Å². The van der Waals surface area contributed by atoms with Gasteiger partial charge in [0.25, 0.3) is 0 Å². The lowest BCUT2D eigenvalue weighted by atomic mass is 10.0. The molecule has 2 fully saturated rings. The van der Waals surface area contributed by atoms with Gasteiger partial charge in [-0.2, -0.15) is 0 Å². The smallest absolute Gasteiger partial charge is 0.194 e. The van der Waals surface area contributed by atoms with Crippen LogP contribution in [0.15, 0.2) is 4.99 Å². The molecular weight excluding hydrogens is 178 g/mol. The van der Waals surface area contributed by atoms with Crippen LogP contribution in [0, 0.1) is 0 Å². The summed E-state index contributed by atoms with van der Waals surface area (Å²) in [5.41, 5.74) is 0. The van der Waals surface area contributed by atoms with Crippen molar-refractivity contribution in [3.8, 4) is 0 Å². The minimum absolute atomic E-state index is 0.459. The summed E-state index contributed by atoms with van der Waals surface area (Å²) in [7, 11) is 0. The first-order valence-electron chi connectivity index (χ1n) is 5.62. The molecule has 3 heterocycles. The lowest BCUT2D eigenvalue weighted by Crippen LogP contribution is -2.48. The molecule has 1 N–H and O–H groups in total. The van der Waals surface area contributed by atoms with Crippen LogP contribution in [0.3, 0.4) is 0 Å². The van der Waals surface area contributed by atoms with E-state index in [2.05, 4.69) is 15.2 Å². The predicted octanol–water partition coefficient (Wildman–Crippen LogP) is 0.199. The van der Waals surface area contributed by atoms with E-state index in [0.29, 0.717) is 12.1 Å². The van der Waals surface area contributed by atoms with Crippen molar-refractivity contribution in [2.75, 3.05) is 26.2 Å². The number of aliphatic imine (C=N–C) groups is 1. The first kappa shape index (κ1) is 8.53. The van der Waals surface area contributed by atoms with Crippen molar-refractivity contribution in [3.63, 3.8) is 0 Å². The van der Waals surface area contributed by atoms with Crippen LogP contribution in [0.2, 0.25) is 0 Å². The van der Waals surface area contributed by atoms with E-state index < -0.39 is 0 Å². The molecular formula is C10H17N3O. The summed E-state index contributed by atoms with van der Waals surface area (Å²) < 4.78 is 5.78. The molecule has 78 valence electrons. The van der Waals surface area contributed by atoms with Crippen molar-refractivity contribution in [2.24, 2.45) is 4.99 Å². The molecule has 0 saturated carbocycles. The fourth-order valence-electron chi connectivity index (χ4n) is 2.72. The fraction of sp³-hybridized carbons (Fsp3) is 0.900. The zero-order chi connectivity index (χ0) is 9.38.